The molecule has 114 valence electrons. The van der Waals surface area contributed by atoms with Crippen molar-refractivity contribution in [3.8, 4) is 0 Å². The van der Waals surface area contributed by atoms with Gasteiger partial charge in [0.05, 0.1) is 0 Å². The summed E-state index contributed by atoms with van der Waals surface area (Å²) < 4.78 is 14.0. The number of Topliss-reactive ketones (excluding diaryl/α,β-unsaturated/α-hetero) is 1. The van der Waals surface area contributed by atoms with Crippen molar-refractivity contribution < 1.29 is 9.18 Å². The van der Waals surface area contributed by atoms with Gasteiger partial charge in [0.15, 0.2) is 5.78 Å². The maximum absolute atomic E-state index is 14.0. The molecule has 0 saturated carbocycles. The lowest BCUT2D eigenvalue weighted by atomic mass is 9.89. The molecule has 23 heavy (non-hydrogen) atoms. The highest BCUT2D eigenvalue weighted by Crippen LogP contribution is 2.31. The van der Waals surface area contributed by atoms with E-state index in [0.29, 0.717) is 5.56 Å². The number of fused-ring (bicyclic) bond motifs is 1. The largest absolute Gasteiger partial charge is 0.294 e. The first-order valence-corrected chi connectivity index (χ1v) is 7.56. The summed E-state index contributed by atoms with van der Waals surface area (Å²) in [6.45, 7) is 3.44. The Morgan fingerprint density at radius 3 is 2.26 bits per heavy atom. The molecular weight excluding hydrogens is 287 g/mol. The van der Waals surface area contributed by atoms with Crippen LogP contribution in [0.5, 0.6) is 0 Å². The van der Waals surface area contributed by atoms with Crippen molar-refractivity contribution in [1.29, 1.82) is 0 Å². The second kappa shape index (κ2) is 6.57. The highest BCUT2D eigenvalue weighted by Gasteiger charge is 2.20. The molecule has 0 heterocycles. The summed E-state index contributed by atoms with van der Waals surface area (Å²) in [6, 6.07) is 22.6. The zero-order chi connectivity index (χ0) is 16.2. The Hall–Kier alpha value is -2.74. The van der Waals surface area contributed by atoms with Gasteiger partial charge in [-0.3, -0.25) is 4.79 Å². The number of hydrogen-bond acceptors (Lipinski definition) is 1. The van der Waals surface area contributed by atoms with Crippen LogP contribution in [0.2, 0.25) is 0 Å². The summed E-state index contributed by atoms with van der Waals surface area (Å²) >= 11 is 0. The number of carbonyl (C=O) groups is 1. The summed E-state index contributed by atoms with van der Waals surface area (Å²) in [5.74, 6) is -1.18. The van der Waals surface area contributed by atoms with Gasteiger partial charge in [-0.25, -0.2) is 4.39 Å². The van der Waals surface area contributed by atoms with Crippen molar-refractivity contribution in [2.75, 3.05) is 0 Å². The van der Waals surface area contributed by atoms with Gasteiger partial charge >= 0.3 is 0 Å². The number of ketones is 1. The van der Waals surface area contributed by atoms with Crippen LogP contribution in [0, 0.1) is 0 Å². The minimum Gasteiger partial charge on any atom is -0.294 e. The van der Waals surface area contributed by atoms with Crippen molar-refractivity contribution in [3.05, 3.63) is 96.3 Å². The van der Waals surface area contributed by atoms with Crippen molar-refractivity contribution in [3.63, 3.8) is 0 Å². The van der Waals surface area contributed by atoms with Crippen LogP contribution in [0.3, 0.4) is 0 Å². The number of hydrogen-bond donors (Lipinski definition) is 0. The minimum atomic E-state index is -0.618. The molecule has 0 saturated heterocycles. The highest BCUT2D eigenvalue weighted by molar-refractivity contribution is 5.96. The molecule has 0 aromatic heterocycles. The first kappa shape index (κ1) is 15.2. The maximum Gasteiger partial charge on any atom is 0.163 e. The van der Waals surface area contributed by atoms with Crippen LogP contribution in [-0.4, -0.2) is 5.78 Å². The molecule has 3 aromatic carbocycles. The van der Waals surface area contributed by atoms with Crippen LogP contribution in [0.25, 0.3) is 10.8 Å². The van der Waals surface area contributed by atoms with E-state index in [4.69, 9.17) is 0 Å². The fourth-order valence-corrected chi connectivity index (χ4v) is 2.76. The third kappa shape index (κ3) is 3.37. The van der Waals surface area contributed by atoms with Crippen LogP contribution >= 0.6 is 0 Å². The first-order chi connectivity index (χ1) is 11.1. The molecule has 0 aliphatic carbocycles. The van der Waals surface area contributed by atoms with Crippen molar-refractivity contribution >= 4 is 16.6 Å². The van der Waals surface area contributed by atoms with E-state index in [1.165, 1.54) is 0 Å². The summed E-state index contributed by atoms with van der Waals surface area (Å²) in [7, 11) is 0. The Labute approximate surface area is 135 Å². The van der Waals surface area contributed by atoms with E-state index < -0.39 is 11.7 Å². The zero-order valence-corrected chi connectivity index (χ0v) is 12.7. The van der Waals surface area contributed by atoms with Gasteiger partial charge in [-0.1, -0.05) is 79.4 Å². The predicted octanol–water partition coefficient (Wildman–Crippen LogP) is 5.68. The summed E-state index contributed by atoms with van der Waals surface area (Å²) in [6.07, 6.45) is 0.0810. The number of allylic oxidation sites excluding steroid dienone is 1. The molecular formula is C21H17FO. The molecule has 0 N–H and O–H groups in total. The molecule has 3 aromatic rings. The van der Waals surface area contributed by atoms with Crippen molar-refractivity contribution in [1.82, 2.24) is 0 Å². The van der Waals surface area contributed by atoms with Crippen molar-refractivity contribution in [2.45, 2.75) is 12.3 Å². The molecule has 1 nitrogen and oxygen atoms in total. The van der Waals surface area contributed by atoms with E-state index in [9.17, 15) is 9.18 Å². The molecule has 0 radical (unpaired) electrons. The Bertz CT molecular complexity index is 852. The van der Waals surface area contributed by atoms with Crippen LogP contribution in [0.4, 0.5) is 4.39 Å². The molecule has 0 aliphatic heterocycles. The van der Waals surface area contributed by atoms with E-state index in [0.717, 1.165) is 16.3 Å². The fourth-order valence-electron chi connectivity index (χ4n) is 2.76. The summed E-state index contributed by atoms with van der Waals surface area (Å²) in [5, 5.41) is 2.12. The van der Waals surface area contributed by atoms with Crippen molar-refractivity contribution in [2.24, 2.45) is 0 Å². The molecule has 0 bridgehead atoms. The predicted molar refractivity (Wildman–Crippen MR) is 92.3 cm³/mol. The Balaban J connectivity index is 1.91. The average molecular weight is 304 g/mol. The SMILES string of the molecule is C=C(F)C(CC(=O)c1ccccc1)c1ccc2ccccc2c1. The molecule has 2 heteroatoms. The lowest BCUT2D eigenvalue weighted by Gasteiger charge is -2.15. The quantitative estimate of drug-likeness (QED) is 0.554. The number of benzene rings is 3. The Morgan fingerprint density at radius 2 is 1.57 bits per heavy atom. The molecule has 3 rings (SSSR count). The zero-order valence-electron chi connectivity index (χ0n) is 12.7. The minimum absolute atomic E-state index is 0.0810. The van der Waals surface area contributed by atoms with Gasteiger partial charge in [-0.15, -0.1) is 0 Å². The molecule has 1 unspecified atom stereocenters. The Morgan fingerprint density at radius 1 is 0.913 bits per heavy atom. The second-order valence-corrected chi connectivity index (χ2v) is 5.60. The van der Waals surface area contributed by atoms with Gasteiger partial charge in [-0.05, 0) is 16.3 Å². The number of halogens is 1. The highest BCUT2D eigenvalue weighted by atomic mass is 19.1. The monoisotopic (exact) mass is 304 g/mol. The van der Waals surface area contributed by atoms with E-state index in [2.05, 4.69) is 6.58 Å². The lowest BCUT2D eigenvalue weighted by Crippen LogP contribution is -2.08. The van der Waals surface area contributed by atoms with E-state index >= 15 is 0 Å². The first-order valence-electron chi connectivity index (χ1n) is 7.56. The van der Waals surface area contributed by atoms with Gasteiger partial charge in [0.25, 0.3) is 0 Å². The van der Waals surface area contributed by atoms with Crippen LogP contribution in [-0.2, 0) is 0 Å². The van der Waals surface area contributed by atoms with Crippen LogP contribution < -0.4 is 0 Å². The van der Waals surface area contributed by atoms with Gasteiger partial charge < -0.3 is 0 Å². The molecule has 1 atom stereocenters. The standard InChI is InChI=1S/C21H17FO/c1-15(22)20(14-21(23)17-8-3-2-4-9-17)19-12-11-16-7-5-6-10-18(16)13-19/h2-13,20H,1,14H2. The smallest absolute Gasteiger partial charge is 0.163 e. The van der Waals surface area contributed by atoms with Gasteiger partial charge in [0.1, 0.15) is 5.83 Å². The fraction of sp³-hybridized carbons (Fsp3) is 0.0952. The Kier molecular flexibility index (Phi) is 4.33. The third-order valence-electron chi connectivity index (χ3n) is 4.04. The topological polar surface area (TPSA) is 17.1 Å². The average Bonchev–Trinajstić information content (AvgIpc) is 2.59. The maximum atomic E-state index is 14.0. The van der Waals surface area contributed by atoms with Gasteiger partial charge in [0, 0.05) is 17.9 Å². The second-order valence-electron chi connectivity index (χ2n) is 5.60. The van der Waals surface area contributed by atoms with Gasteiger partial charge in [-0.2, -0.15) is 0 Å². The van der Waals surface area contributed by atoms with E-state index in [1.807, 2.05) is 60.7 Å². The third-order valence-corrected chi connectivity index (χ3v) is 4.04. The van der Waals surface area contributed by atoms with E-state index in [1.54, 1.807) is 12.1 Å². The number of rotatable bonds is 5. The lowest BCUT2D eigenvalue weighted by molar-refractivity contribution is 0.0974. The van der Waals surface area contributed by atoms with Crippen LogP contribution in [0.1, 0.15) is 28.3 Å². The van der Waals surface area contributed by atoms with Gasteiger partial charge in [0.2, 0.25) is 0 Å². The molecule has 0 aliphatic rings. The molecule has 0 spiro atoms. The summed E-state index contributed by atoms with van der Waals surface area (Å²) in [5.41, 5.74) is 1.38. The molecule has 0 fully saturated rings. The summed E-state index contributed by atoms with van der Waals surface area (Å²) in [4.78, 5) is 12.4. The molecule has 0 amide bonds. The number of carbonyl (C=O) groups excluding carboxylic acids is 1. The van der Waals surface area contributed by atoms with Crippen LogP contribution in [0.15, 0.2) is 85.2 Å². The van der Waals surface area contributed by atoms with E-state index in [-0.39, 0.29) is 12.2 Å². The normalized spacial score (nSPS) is 12.0.